The SMILES string of the molecule is Cc1ccc(-c2ccc3ccc4c(-c5nc6cc(C(C)(C)C)ccc6o5)ccc5ccc2c3c54)cc1. The van der Waals surface area contributed by atoms with Crippen LogP contribution in [0.2, 0.25) is 0 Å². The number of aromatic nitrogens is 1. The molecule has 0 aliphatic carbocycles. The number of aryl methyl sites for hydroxylation is 1. The Labute approximate surface area is 210 Å². The van der Waals surface area contributed by atoms with Crippen molar-refractivity contribution < 1.29 is 4.42 Å². The minimum Gasteiger partial charge on any atom is -0.436 e. The molecule has 0 saturated carbocycles. The van der Waals surface area contributed by atoms with Gasteiger partial charge in [0, 0.05) is 5.56 Å². The molecule has 2 heteroatoms. The van der Waals surface area contributed by atoms with Crippen LogP contribution in [0.3, 0.4) is 0 Å². The summed E-state index contributed by atoms with van der Waals surface area (Å²) in [7, 11) is 0. The Morgan fingerprint density at radius 1 is 0.639 bits per heavy atom. The molecule has 0 saturated heterocycles. The number of rotatable bonds is 2. The molecular weight excluding hydrogens is 438 g/mol. The molecule has 174 valence electrons. The lowest BCUT2D eigenvalue weighted by molar-refractivity contribution is 0.590. The second kappa shape index (κ2) is 7.41. The van der Waals surface area contributed by atoms with Gasteiger partial charge in [-0.05, 0) is 79.5 Å². The summed E-state index contributed by atoms with van der Waals surface area (Å²) in [6.45, 7) is 8.80. The van der Waals surface area contributed by atoms with E-state index in [1.165, 1.54) is 54.6 Å². The van der Waals surface area contributed by atoms with Crippen LogP contribution in [0.5, 0.6) is 0 Å². The summed E-state index contributed by atoms with van der Waals surface area (Å²) in [5.41, 5.74) is 7.87. The fraction of sp³-hybridized carbons (Fsp3) is 0.147. The maximum absolute atomic E-state index is 6.31. The molecule has 0 unspecified atom stereocenters. The zero-order valence-electron chi connectivity index (χ0n) is 21.0. The lowest BCUT2D eigenvalue weighted by atomic mass is 9.87. The van der Waals surface area contributed by atoms with Crippen molar-refractivity contribution in [2.75, 3.05) is 0 Å². The van der Waals surface area contributed by atoms with E-state index in [9.17, 15) is 0 Å². The van der Waals surface area contributed by atoms with Gasteiger partial charge < -0.3 is 4.42 Å². The second-order valence-electron chi connectivity index (χ2n) is 11.0. The van der Waals surface area contributed by atoms with Gasteiger partial charge in [-0.3, -0.25) is 0 Å². The standard InChI is InChI=1S/C34H27NO/c1-20-5-7-21(8-6-20)25-14-9-22-11-16-27-28(17-12-23-10-15-26(25)31(22)32(23)27)33-35-29-19-24(34(2,3)4)13-18-30(29)36-33/h5-19H,1-4H3. The lowest BCUT2D eigenvalue weighted by Gasteiger charge is -2.18. The van der Waals surface area contributed by atoms with Crippen molar-refractivity contribution in [1.29, 1.82) is 0 Å². The van der Waals surface area contributed by atoms with Gasteiger partial charge in [0.15, 0.2) is 5.58 Å². The van der Waals surface area contributed by atoms with Gasteiger partial charge in [-0.15, -0.1) is 0 Å². The molecule has 0 bridgehead atoms. The highest BCUT2D eigenvalue weighted by molar-refractivity contribution is 6.27. The number of hydrogen-bond donors (Lipinski definition) is 0. The molecule has 0 N–H and O–H groups in total. The molecule has 0 amide bonds. The molecule has 0 fully saturated rings. The lowest BCUT2D eigenvalue weighted by Crippen LogP contribution is -2.10. The minimum absolute atomic E-state index is 0.0649. The van der Waals surface area contributed by atoms with Crippen molar-refractivity contribution in [3.8, 4) is 22.6 Å². The smallest absolute Gasteiger partial charge is 0.227 e. The quantitative estimate of drug-likeness (QED) is 0.238. The molecule has 1 aromatic heterocycles. The van der Waals surface area contributed by atoms with E-state index >= 15 is 0 Å². The van der Waals surface area contributed by atoms with Crippen molar-refractivity contribution in [3.05, 3.63) is 102 Å². The molecule has 0 spiro atoms. The van der Waals surface area contributed by atoms with Crippen LogP contribution in [0.1, 0.15) is 31.9 Å². The van der Waals surface area contributed by atoms with Gasteiger partial charge in [-0.1, -0.05) is 99.1 Å². The number of hydrogen-bond acceptors (Lipinski definition) is 2. The molecule has 7 aromatic rings. The third-order valence-corrected chi connectivity index (χ3v) is 7.51. The van der Waals surface area contributed by atoms with Gasteiger partial charge >= 0.3 is 0 Å². The van der Waals surface area contributed by atoms with Crippen LogP contribution >= 0.6 is 0 Å². The van der Waals surface area contributed by atoms with Crippen LogP contribution in [0.15, 0.2) is 95.4 Å². The molecule has 7 rings (SSSR count). The predicted molar refractivity (Wildman–Crippen MR) is 152 cm³/mol. The highest BCUT2D eigenvalue weighted by Gasteiger charge is 2.19. The number of fused-ring (bicyclic) bond motifs is 1. The summed E-state index contributed by atoms with van der Waals surface area (Å²) >= 11 is 0. The van der Waals surface area contributed by atoms with E-state index in [4.69, 9.17) is 9.40 Å². The number of benzene rings is 6. The average Bonchev–Trinajstić information content (AvgIpc) is 3.30. The van der Waals surface area contributed by atoms with E-state index in [1.807, 2.05) is 0 Å². The third kappa shape index (κ3) is 3.14. The second-order valence-corrected chi connectivity index (χ2v) is 11.0. The van der Waals surface area contributed by atoms with Crippen LogP contribution in [0.25, 0.3) is 66.0 Å². The summed E-state index contributed by atoms with van der Waals surface area (Å²) in [6, 6.07) is 33.0. The Hall–Kier alpha value is -4.17. The van der Waals surface area contributed by atoms with Crippen molar-refractivity contribution in [2.24, 2.45) is 0 Å². The van der Waals surface area contributed by atoms with Gasteiger partial charge in [0.1, 0.15) is 5.52 Å². The normalized spacial score (nSPS) is 12.4. The zero-order valence-corrected chi connectivity index (χ0v) is 21.0. The first-order chi connectivity index (χ1) is 17.4. The van der Waals surface area contributed by atoms with Crippen molar-refractivity contribution in [3.63, 3.8) is 0 Å². The van der Waals surface area contributed by atoms with E-state index in [-0.39, 0.29) is 5.41 Å². The van der Waals surface area contributed by atoms with E-state index in [0.29, 0.717) is 5.89 Å². The average molecular weight is 466 g/mol. The van der Waals surface area contributed by atoms with Crippen LogP contribution < -0.4 is 0 Å². The fourth-order valence-electron chi connectivity index (χ4n) is 5.48. The van der Waals surface area contributed by atoms with Crippen molar-refractivity contribution >= 4 is 43.4 Å². The maximum Gasteiger partial charge on any atom is 0.227 e. The Morgan fingerprint density at radius 3 is 1.92 bits per heavy atom. The van der Waals surface area contributed by atoms with E-state index < -0.39 is 0 Å². The van der Waals surface area contributed by atoms with Crippen molar-refractivity contribution in [1.82, 2.24) is 4.98 Å². The third-order valence-electron chi connectivity index (χ3n) is 7.51. The molecule has 6 aromatic carbocycles. The molecule has 1 heterocycles. The highest BCUT2D eigenvalue weighted by atomic mass is 16.3. The number of nitrogens with zero attached hydrogens (tertiary/aromatic N) is 1. The topological polar surface area (TPSA) is 26.0 Å². The summed E-state index contributed by atoms with van der Waals surface area (Å²) in [6.07, 6.45) is 0. The minimum atomic E-state index is 0.0649. The van der Waals surface area contributed by atoms with Gasteiger partial charge in [0.25, 0.3) is 0 Å². The molecule has 0 aliphatic rings. The first-order valence-electron chi connectivity index (χ1n) is 12.6. The van der Waals surface area contributed by atoms with Gasteiger partial charge in [0.2, 0.25) is 5.89 Å². The Balaban J connectivity index is 1.48. The summed E-state index contributed by atoms with van der Waals surface area (Å²) < 4.78 is 6.31. The summed E-state index contributed by atoms with van der Waals surface area (Å²) in [4.78, 5) is 4.95. The Morgan fingerprint density at radius 2 is 1.25 bits per heavy atom. The zero-order chi connectivity index (χ0) is 24.6. The summed E-state index contributed by atoms with van der Waals surface area (Å²) in [5.74, 6) is 0.674. The fourth-order valence-corrected chi connectivity index (χ4v) is 5.48. The van der Waals surface area contributed by atoms with E-state index in [1.54, 1.807) is 0 Å². The Kier molecular flexibility index (Phi) is 4.35. The number of oxazole rings is 1. The predicted octanol–water partition coefficient (Wildman–Crippen LogP) is 9.67. The molecule has 0 radical (unpaired) electrons. The van der Waals surface area contributed by atoms with E-state index in [2.05, 4.69) is 119 Å². The maximum atomic E-state index is 6.31. The highest BCUT2D eigenvalue weighted by Crippen LogP contribution is 2.42. The molecule has 0 aliphatic heterocycles. The largest absolute Gasteiger partial charge is 0.436 e. The summed E-state index contributed by atoms with van der Waals surface area (Å²) in [5, 5.41) is 7.51. The first-order valence-corrected chi connectivity index (χ1v) is 12.6. The van der Waals surface area contributed by atoms with Gasteiger partial charge in [0.05, 0.1) is 0 Å². The van der Waals surface area contributed by atoms with Crippen LogP contribution in [0, 0.1) is 6.92 Å². The molecular formula is C34H27NO. The van der Waals surface area contributed by atoms with Gasteiger partial charge in [-0.2, -0.15) is 0 Å². The monoisotopic (exact) mass is 465 g/mol. The first kappa shape index (κ1) is 21.1. The molecule has 0 atom stereocenters. The molecule has 2 nitrogen and oxygen atoms in total. The van der Waals surface area contributed by atoms with Crippen LogP contribution in [0.4, 0.5) is 0 Å². The molecule has 36 heavy (non-hydrogen) atoms. The van der Waals surface area contributed by atoms with Crippen LogP contribution in [-0.2, 0) is 5.41 Å². The van der Waals surface area contributed by atoms with E-state index in [0.717, 1.165) is 16.7 Å². The van der Waals surface area contributed by atoms with Crippen molar-refractivity contribution in [2.45, 2.75) is 33.1 Å². The van der Waals surface area contributed by atoms with Gasteiger partial charge in [-0.25, -0.2) is 4.98 Å². The van der Waals surface area contributed by atoms with Crippen LogP contribution in [-0.4, -0.2) is 4.98 Å². The Bertz CT molecular complexity index is 1920.